The zero-order valence-corrected chi connectivity index (χ0v) is 11.7. The Hall–Kier alpha value is -1.38. The second kappa shape index (κ2) is 4.87. The Morgan fingerprint density at radius 2 is 1.95 bits per heavy atom. The van der Waals surface area contributed by atoms with E-state index in [1.807, 2.05) is 0 Å². The van der Waals surface area contributed by atoms with E-state index in [4.69, 9.17) is 0 Å². The highest BCUT2D eigenvalue weighted by atomic mass is 16.3. The van der Waals surface area contributed by atoms with E-state index in [9.17, 15) is 5.11 Å². The number of rotatable bonds is 2. The summed E-state index contributed by atoms with van der Waals surface area (Å²) >= 11 is 0. The first-order valence-electron chi connectivity index (χ1n) is 7.77. The van der Waals surface area contributed by atoms with Crippen molar-refractivity contribution in [1.29, 1.82) is 0 Å². The summed E-state index contributed by atoms with van der Waals surface area (Å²) < 4.78 is 0. The van der Waals surface area contributed by atoms with E-state index in [-0.39, 0.29) is 6.10 Å². The van der Waals surface area contributed by atoms with Crippen LogP contribution in [0.2, 0.25) is 0 Å². The molecule has 2 N–H and O–H groups in total. The van der Waals surface area contributed by atoms with Crippen molar-refractivity contribution in [2.45, 2.75) is 31.8 Å². The molecule has 1 heterocycles. The van der Waals surface area contributed by atoms with Crippen LogP contribution in [0.1, 0.15) is 35.6 Å². The second-order valence-electron chi connectivity index (χ2n) is 6.20. The maximum atomic E-state index is 10.8. The predicted molar refractivity (Wildman–Crippen MR) is 81.9 cm³/mol. The van der Waals surface area contributed by atoms with Crippen LogP contribution in [0.5, 0.6) is 0 Å². The molecule has 2 aliphatic rings. The molecule has 2 nitrogen and oxygen atoms in total. The Labute approximate surface area is 119 Å². The molecule has 0 radical (unpaired) electrons. The van der Waals surface area contributed by atoms with Crippen molar-refractivity contribution in [2.24, 2.45) is 5.92 Å². The van der Waals surface area contributed by atoms with E-state index in [1.54, 1.807) is 0 Å². The number of aryl methyl sites for hydroxylation is 2. The summed E-state index contributed by atoms with van der Waals surface area (Å²) in [6, 6.07) is 10.9. The fourth-order valence-electron chi connectivity index (χ4n) is 3.93. The van der Waals surface area contributed by atoms with Crippen LogP contribution in [0, 0.1) is 5.92 Å². The summed E-state index contributed by atoms with van der Waals surface area (Å²) in [5.41, 5.74) is 4.03. The standard InChI is InChI=1S/C18H21NO/c20-18(14-4-2-10-19-11-14)16-9-8-13-7-6-12-3-1-5-15(16)17(12)13/h1,3,5,8-9,14,18-20H,2,4,6-7,10-11H2. The van der Waals surface area contributed by atoms with Gasteiger partial charge in [0.15, 0.2) is 0 Å². The van der Waals surface area contributed by atoms with Crippen LogP contribution in [0.25, 0.3) is 10.8 Å². The zero-order valence-electron chi connectivity index (χ0n) is 11.7. The maximum Gasteiger partial charge on any atom is 0.0836 e. The van der Waals surface area contributed by atoms with Crippen molar-refractivity contribution in [2.75, 3.05) is 13.1 Å². The lowest BCUT2D eigenvalue weighted by Gasteiger charge is -2.28. The van der Waals surface area contributed by atoms with Crippen LogP contribution >= 0.6 is 0 Å². The van der Waals surface area contributed by atoms with E-state index in [0.717, 1.165) is 37.9 Å². The SMILES string of the molecule is OC(c1ccc2c3c(cccc13)CC2)C1CCCNC1. The molecule has 20 heavy (non-hydrogen) atoms. The highest BCUT2D eigenvalue weighted by molar-refractivity contribution is 5.93. The summed E-state index contributed by atoms with van der Waals surface area (Å²) in [5, 5.41) is 16.9. The van der Waals surface area contributed by atoms with E-state index in [0.29, 0.717) is 5.92 Å². The van der Waals surface area contributed by atoms with Crippen LogP contribution in [0.15, 0.2) is 30.3 Å². The van der Waals surface area contributed by atoms with Gasteiger partial charge in [-0.15, -0.1) is 0 Å². The number of piperidine rings is 1. The van der Waals surface area contributed by atoms with Crippen molar-refractivity contribution in [3.63, 3.8) is 0 Å². The summed E-state index contributed by atoms with van der Waals surface area (Å²) in [5.74, 6) is 0.349. The molecule has 2 aromatic rings. The van der Waals surface area contributed by atoms with Gasteiger partial charge in [0.05, 0.1) is 6.10 Å². The number of nitrogens with one attached hydrogen (secondary N) is 1. The van der Waals surface area contributed by atoms with Crippen LogP contribution in [0.3, 0.4) is 0 Å². The number of aliphatic hydroxyl groups is 1. The highest BCUT2D eigenvalue weighted by Gasteiger charge is 2.26. The van der Waals surface area contributed by atoms with E-state index in [1.165, 1.54) is 28.3 Å². The van der Waals surface area contributed by atoms with Gasteiger partial charge in [0.1, 0.15) is 0 Å². The van der Waals surface area contributed by atoms with Crippen LogP contribution in [-0.4, -0.2) is 18.2 Å². The molecule has 2 atom stereocenters. The maximum absolute atomic E-state index is 10.8. The fourth-order valence-corrected chi connectivity index (χ4v) is 3.93. The highest BCUT2D eigenvalue weighted by Crippen LogP contribution is 2.37. The lowest BCUT2D eigenvalue weighted by molar-refractivity contribution is 0.0934. The Balaban J connectivity index is 1.80. The Kier molecular flexibility index (Phi) is 3.01. The molecule has 2 unspecified atom stereocenters. The predicted octanol–water partition coefficient (Wildman–Crippen LogP) is 2.97. The first-order chi connectivity index (χ1) is 9.84. The molecule has 2 aromatic carbocycles. The van der Waals surface area contributed by atoms with Crippen molar-refractivity contribution in [3.8, 4) is 0 Å². The minimum Gasteiger partial charge on any atom is -0.388 e. The van der Waals surface area contributed by atoms with Gasteiger partial charge in [-0.1, -0.05) is 30.3 Å². The van der Waals surface area contributed by atoms with Crippen molar-refractivity contribution in [3.05, 3.63) is 47.0 Å². The topological polar surface area (TPSA) is 32.3 Å². The normalized spacial score (nSPS) is 23.1. The molecular weight excluding hydrogens is 246 g/mol. The van der Waals surface area contributed by atoms with Crippen LogP contribution in [0.4, 0.5) is 0 Å². The Bertz CT molecular complexity index is 633. The average Bonchev–Trinajstić information content (AvgIpc) is 2.93. The minimum absolute atomic E-state index is 0.340. The van der Waals surface area contributed by atoms with E-state index >= 15 is 0 Å². The van der Waals surface area contributed by atoms with Crippen molar-refractivity contribution >= 4 is 10.8 Å². The quantitative estimate of drug-likeness (QED) is 0.877. The van der Waals surface area contributed by atoms with Crippen molar-refractivity contribution < 1.29 is 5.11 Å². The number of benzene rings is 2. The van der Waals surface area contributed by atoms with Gasteiger partial charge < -0.3 is 10.4 Å². The Morgan fingerprint density at radius 1 is 1.10 bits per heavy atom. The number of aliphatic hydroxyl groups excluding tert-OH is 1. The molecule has 0 saturated carbocycles. The van der Waals surface area contributed by atoms with Gasteiger partial charge in [-0.2, -0.15) is 0 Å². The molecule has 0 bridgehead atoms. The third kappa shape index (κ3) is 1.87. The summed E-state index contributed by atoms with van der Waals surface area (Å²) in [6.07, 6.45) is 4.25. The fraction of sp³-hybridized carbons (Fsp3) is 0.444. The van der Waals surface area contributed by atoms with Crippen molar-refractivity contribution in [1.82, 2.24) is 5.32 Å². The van der Waals surface area contributed by atoms with Gasteiger partial charge in [-0.25, -0.2) is 0 Å². The molecule has 0 spiro atoms. The first-order valence-corrected chi connectivity index (χ1v) is 7.77. The third-order valence-corrected chi connectivity index (χ3v) is 5.01. The molecule has 0 amide bonds. The summed E-state index contributed by atoms with van der Waals surface area (Å²) in [6.45, 7) is 2.02. The Morgan fingerprint density at radius 3 is 2.75 bits per heavy atom. The van der Waals surface area contributed by atoms with Gasteiger partial charge in [0.2, 0.25) is 0 Å². The van der Waals surface area contributed by atoms with Crippen LogP contribution in [-0.2, 0) is 12.8 Å². The van der Waals surface area contributed by atoms with Crippen LogP contribution < -0.4 is 5.32 Å². The first kappa shape index (κ1) is 12.4. The van der Waals surface area contributed by atoms with E-state index < -0.39 is 0 Å². The number of hydrogen-bond donors (Lipinski definition) is 2. The monoisotopic (exact) mass is 267 g/mol. The number of hydrogen-bond acceptors (Lipinski definition) is 2. The molecular formula is C18H21NO. The van der Waals surface area contributed by atoms with Gasteiger partial charge in [0.25, 0.3) is 0 Å². The molecule has 1 saturated heterocycles. The lowest BCUT2D eigenvalue weighted by atomic mass is 9.86. The van der Waals surface area contributed by atoms with E-state index in [2.05, 4.69) is 35.6 Å². The molecule has 4 rings (SSSR count). The smallest absolute Gasteiger partial charge is 0.0836 e. The van der Waals surface area contributed by atoms with Gasteiger partial charge in [0, 0.05) is 12.5 Å². The largest absolute Gasteiger partial charge is 0.388 e. The molecule has 1 aliphatic heterocycles. The molecule has 1 aliphatic carbocycles. The van der Waals surface area contributed by atoms with Gasteiger partial charge in [-0.05, 0) is 59.7 Å². The van der Waals surface area contributed by atoms with Gasteiger partial charge in [-0.3, -0.25) is 0 Å². The summed E-state index contributed by atoms with van der Waals surface area (Å²) in [4.78, 5) is 0. The zero-order chi connectivity index (χ0) is 13.5. The minimum atomic E-state index is -0.340. The summed E-state index contributed by atoms with van der Waals surface area (Å²) in [7, 11) is 0. The molecule has 104 valence electrons. The lowest BCUT2D eigenvalue weighted by Crippen LogP contribution is -2.33. The molecule has 1 fully saturated rings. The third-order valence-electron chi connectivity index (χ3n) is 5.01. The molecule has 2 heteroatoms. The van der Waals surface area contributed by atoms with Gasteiger partial charge >= 0.3 is 0 Å². The molecule has 0 aromatic heterocycles. The second-order valence-corrected chi connectivity index (χ2v) is 6.20. The average molecular weight is 267 g/mol.